The Bertz CT molecular complexity index is 1100. The first-order valence-corrected chi connectivity index (χ1v) is 11.4. The molecule has 1 aliphatic carbocycles. The lowest BCUT2D eigenvalue weighted by Crippen LogP contribution is -2.23. The molecule has 1 saturated carbocycles. The fourth-order valence-electron chi connectivity index (χ4n) is 4.49. The van der Waals surface area contributed by atoms with Gasteiger partial charge in [-0.25, -0.2) is 9.97 Å². The van der Waals surface area contributed by atoms with Gasteiger partial charge in [0.1, 0.15) is 18.2 Å². The second-order valence-corrected chi connectivity index (χ2v) is 9.31. The van der Waals surface area contributed by atoms with Crippen LogP contribution in [-0.2, 0) is 11.3 Å². The molecule has 0 saturated heterocycles. The number of nitrogens with zero attached hydrogens (tertiary/aromatic N) is 4. The van der Waals surface area contributed by atoms with Crippen molar-refractivity contribution in [3.05, 3.63) is 57.4 Å². The van der Waals surface area contributed by atoms with Crippen molar-refractivity contribution in [1.29, 1.82) is 0 Å². The number of thiophene rings is 1. The topological polar surface area (TPSA) is 102 Å². The highest BCUT2D eigenvalue weighted by Crippen LogP contribution is 2.35. The van der Waals surface area contributed by atoms with E-state index in [1.165, 1.54) is 17.7 Å². The Morgan fingerprint density at radius 2 is 2.23 bits per heavy atom. The lowest BCUT2D eigenvalue weighted by molar-refractivity contribution is 0.0420. The van der Waals surface area contributed by atoms with Gasteiger partial charge in [-0.2, -0.15) is 5.10 Å². The van der Waals surface area contributed by atoms with Crippen LogP contribution in [0.25, 0.3) is 0 Å². The first kappa shape index (κ1) is 20.3. The van der Waals surface area contributed by atoms with E-state index < -0.39 is 0 Å². The van der Waals surface area contributed by atoms with Crippen molar-refractivity contribution < 1.29 is 14.6 Å². The van der Waals surface area contributed by atoms with E-state index in [1.54, 1.807) is 6.20 Å². The fraction of sp³-hybridized carbons (Fsp3) is 0.455. The highest BCUT2D eigenvalue weighted by atomic mass is 32.1. The molecule has 3 aromatic heterocycles. The Kier molecular flexibility index (Phi) is 5.33. The summed E-state index contributed by atoms with van der Waals surface area (Å²) in [6.45, 7) is 5.39. The summed E-state index contributed by atoms with van der Waals surface area (Å²) in [6, 6.07) is 1.99. The van der Waals surface area contributed by atoms with Crippen molar-refractivity contribution in [2.45, 2.75) is 51.5 Å². The van der Waals surface area contributed by atoms with Crippen molar-refractivity contribution >= 4 is 22.9 Å². The van der Waals surface area contributed by atoms with Gasteiger partial charge in [0.2, 0.25) is 5.78 Å². The van der Waals surface area contributed by atoms with Gasteiger partial charge in [0.25, 0.3) is 0 Å². The van der Waals surface area contributed by atoms with Crippen molar-refractivity contribution in [2.24, 2.45) is 5.92 Å². The average Bonchev–Trinajstić information content (AvgIpc) is 3.48. The molecule has 0 bridgehead atoms. The standard InChI is InChI=1S/C22H25N5O3S/c1-12-5-15(7-17(12)28)26-22-16(9-23-11-24-22)20(29)18-6-14(10-31-18)21-19-13(2)8-25-27(19)3-4-30-21/h6,8-12,15,17,21,28H,3-5,7H2,1-2H3,(H,23,24,26)/t12-,15-,17+,21-/m1/s1. The number of rotatable bonds is 5. The number of aliphatic hydroxyl groups is 1. The van der Waals surface area contributed by atoms with Crippen molar-refractivity contribution in [3.8, 4) is 0 Å². The lowest BCUT2D eigenvalue weighted by atomic mass is 10.0. The van der Waals surface area contributed by atoms with Gasteiger partial charge in [0.05, 0.1) is 41.6 Å². The number of hydrogen-bond donors (Lipinski definition) is 2. The third-order valence-corrected chi connectivity index (χ3v) is 7.14. The van der Waals surface area contributed by atoms with Crippen molar-refractivity contribution in [3.63, 3.8) is 0 Å². The summed E-state index contributed by atoms with van der Waals surface area (Å²) in [4.78, 5) is 22.3. The monoisotopic (exact) mass is 439 g/mol. The zero-order valence-corrected chi connectivity index (χ0v) is 18.3. The molecule has 0 aromatic carbocycles. The Labute approximate surface area is 184 Å². The minimum atomic E-state index is -0.328. The number of hydrogen-bond acceptors (Lipinski definition) is 8. The molecule has 1 aliphatic heterocycles. The van der Waals surface area contributed by atoms with E-state index in [1.807, 2.05) is 36.2 Å². The van der Waals surface area contributed by atoms with Gasteiger partial charge in [-0.3, -0.25) is 9.48 Å². The summed E-state index contributed by atoms with van der Waals surface area (Å²) in [5, 5.41) is 19.8. The molecular weight excluding hydrogens is 414 g/mol. The number of carbonyl (C=O) groups excluding carboxylic acids is 1. The van der Waals surface area contributed by atoms with Gasteiger partial charge in [-0.1, -0.05) is 6.92 Å². The van der Waals surface area contributed by atoms with Crippen LogP contribution in [0.2, 0.25) is 0 Å². The van der Waals surface area contributed by atoms with Gasteiger partial charge in [0.15, 0.2) is 0 Å². The molecule has 2 aliphatic rings. The van der Waals surface area contributed by atoms with Crippen LogP contribution >= 0.6 is 11.3 Å². The summed E-state index contributed by atoms with van der Waals surface area (Å²) in [5.74, 6) is 0.627. The molecule has 9 heteroatoms. The second-order valence-electron chi connectivity index (χ2n) is 8.40. The van der Waals surface area contributed by atoms with Crippen molar-refractivity contribution in [2.75, 3.05) is 11.9 Å². The van der Waals surface area contributed by atoms with Crippen LogP contribution in [0.1, 0.15) is 57.9 Å². The molecule has 2 N–H and O–H groups in total. The van der Waals surface area contributed by atoms with E-state index in [2.05, 4.69) is 20.4 Å². The normalized spacial score (nSPS) is 25.4. The van der Waals surface area contributed by atoms with E-state index in [0.29, 0.717) is 29.3 Å². The third-order valence-electron chi connectivity index (χ3n) is 6.19. The molecule has 3 aromatic rings. The van der Waals surface area contributed by atoms with E-state index in [0.717, 1.165) is 29.8 Å². The van der Waals surface area contributed by atoms with Crippen molar-refractivity contribution in [1.82, 2.24) is 19.7 Å². The van der Waals surface area contributed by atoms with Crippen LogP contribution in [0.3, 0.4) is 0 Å². The average molecular weight is 440 g/mol. The third kappa shape index (κ3) is 3.77. The quantitative estimate of drug-likeness (QED) is 0.589. The molecule has 1 fully saturated rings. The molecule has 4 heterocycles. The van der Waals surface area contributed by atoms with Gasteiger partial charge >= 0.3 is 0 Å². The summed E-state index contributed by atoms with van der Waals surface area (Å²) in [5.41, 5.74) is 3.52. The molecule has 162 valence electrons. The van der Waals surface area contributed by atoms with Crippen LogP contribution in [0.15, 0.2) is 30.2 Å². The predicted molar refractivity (Wildman–Crippen MR) is 116 cm³/mol. The molecule has 0 radical (unpaired) electrons. The van der Waals surface area contributed by atoms with Crippen LogP contribution < -0.4 is 5.32 Å². The number of aryl methyl sites for hydroxylation is 1. The van der Waals surface area contributed by atoms with E-state index in [-0.39, 0.29) is 30.0 Å². The van der Waals surface area contributed by atoms with Gasteiger partial charge in [-0.05, 0) is 48.3 Å². The Hall–Kier alpha value is -2.62. The van der Waals surface area contributed by atoms with Gasteiger partial charge < -0.3 is 15.2 Å². The summed E-state index contributed by atoms with van der Waals surface area (Å²) < 4.78 is 8.01. The van der Waals surface area contributed by atoms with E-state index in [9.17, 15) is 9.90 Å². The smallest absolute Gasteiger partial charge is 0.208 e. The first-order chi connectivity index (χ1) is 15.0. The highest BCUT2D eigenvalue weighted by Gasteiger charge is 2.31. The maximum atomic E-state index is 13.3. The molecule has 8 nitrogen and oxygen atoms in total. The number of ether oxygens (including phenoxy) is 1. The molecule has 4 atom stereocenters. The SMILES string of the molecule is Cc1cnn2c1[C@@H](c1csc(C(=O)c3cncnc3N[C@@H]3C[C@@H](C)[C@@H](O)C3)c1)OCC2. The lowest BCUT2D eigenvalue weighted by Gasteiger charge is -2.24. The van der Waals surface area contributed by atoms with Crippen LogP contribution in [-0.4, -0.2) is 49.4 Å². The molecular formula is C22H25N5O3S. The van der Waals surface area contributed by atoms with Crippen LogP contribution in [0, 0.1) is 12.8 Å². The number of fused-ring (bicyclic) bond motifs is 1. The van der Waals surface area contributed by atoms with Gasteiger partial charge in [0, 0.05) is 12.2 Å². The number of ketones is 1. The summed E-state index contributed by atoms with van der Waals surface area (Å²) in [7, 11) is 0. The zero-order chi connectivity index (χ0) is 21.5. The summed E-state index contributed by atoms with van der Waals surface area (Å²) >= 11 is 1.40. The Balaban J connectivity index is 1.39. The van der Waals surface area contributed by atoms with Gasteiger partial charge in [-0.15, -0.1) is 11.3 Å². The minimum Gasteiger partial charge on any atom is -0.393 e. The molecule has 0 spiro atoms. The largest absolute Gasteiger partial charge is 0.393 e. The first-order valence-electron chi connectivity index (χ1n) is 10.5. The predicted octanol–water partition coefficient (Wildman–Crippen LogP) is 2.96. The van der Waals surface area contributed by atoms with E-state index >= 15 is 0 Å². The summed E-state index contributed by atoms with van der Waals surface area (Å²) in [6.07, 6.45) is 5.79. The number of aromatic nitrogens is 4. The fourth-order valence-corrected chi connectivity index (χ4v) is 5.36. The molecule has 0 unspecified atom stereocenters. The highest BCUT2D eigenvalue weighted by molar-refractivity contribution is 7.12. The number of carbonyl (C=O) groups is 1. The molecule has 5 rings (SSSR count). The van der Waals surface area contributed by atoms with E-state index in [4.69, 9.17) is 4.74 Å². The van der Waals surface area contributed by atoms with Crippen LogP contribution in [0.5, 0.6) is 0 Å². The Morgan fingerprint density at radius 3 is 3.03 bits per heavy atom. The molecule has 0 amide bonds. The second kappa shape index (κ2) is 8.14. The molecule has 31 heavy (non-hydrogen) atoms. The minimum absolute atomic E-state index is 0.0873. The van der Waals surface area contributed by atoms with Crippen LogP contribution in [0.4, 0.5) is 5.82 Å². The maximum absolute atomic E-state index is 13.3. The maximum Gasteiger partial charge on any atom is 0.208 e. The zero-order valence-electron chi connectivity index (χ0n) is 17.5. The number of nitrogens with one attached hydrogen (secondary N) is 1. The Morgan fingerprint density at radius 1 is 1.35 bits per heavy atom. The number of aliphatic hydroxyl groups excluding tert-OH is 1. The number of anilines is 1.